The molecule has 1 unspecified atom stereocenters. The van der Waals surface area contributed by atoms with Gasteiger partial charge in [0.1, 0.15) is 5.75 Å². The number of halogens is 2. The Balaban J connectivity index is 1.99. The monoisotopic (exact) mass is 267 g/mol. The minimum atomic E-state index is -1.72. The third kappa shape index (κ3) is 3.53. The van der Waals surface area contributed by atoms with Crippen LogP contribution in [0.5, 0.6) is 5.75 Å². The molecule has 1 heterocycles. The predicted octanol–water partition coefficient (Wildman–Crippen LogP) is 2.82. The van der Waals surface area contributed by atoms with Crippen LogP contribution in [0.25, 0.3) is 0 Å². The van der Waals surface area contributed by atoms with Crippen LogP contribution in [0, 0.1) is 5.92 Å². The molecule has 1 saturated heterocycles. The third-order valence-corrected chi connectivity index (χ3v) is 3.14. The molecule has 102 valence electrons. The molecule has 1 amide bonds. The number of amides is 1. The van der Waals surface area contributed by atoms with Gasteiger partial charge in [0.05, 0.1) is 7.11 Å². The maximum atomic E-state index is 12.2. The number of methoxy groups -OCH3 is 1. The predicted molar refractivity (Wildman–Crippen MR) is 66.8 cm³/mol. The van der Waals surface area contributed by atoms with E-state index >= 15 is 0 Å². The molecule has 0 aromatic heterocycles. The van der Waals surface area contributed by atoms with Gasteiger partial charge >= 0.3 is 0 Å². The second-order valence-corrected chi connectivity index (χ2v) is 4.54. The summed E-state index contributed by atoms with van der Waals surface area (Å²) in [5.41, 5.74) is 0.958. The lowest BCUT2D eigenvalue weighted by atomic mass is 10.1. The summed E-state index contributed by atoms with van der Waals surface area (Å²) < 4.78 is 29.4. The summed E-state index contributed by atoms with van der Waals surface area (Å²) in [6, 6.07) is 7.36. The van der Waals surface area contributed by atoms with Crippen molar-refractivity contribution in [3.8, 4) is 5.75 Å². The van der Waals surface area contributed by atoms with Gasteiger partial charge in [0.15, 0.2) is 0 Å². The molecule has 1 fully saturated rings. The van der Waals surface area contributed by atoms with Crippen molar-refractivity contribution in [2.75, 3.05) is 13.7 Å². The van der Waals surface area contributed by atoms with Crippen LogP contribution < -0.4 is 4.74 Å². The Bertz CT molecular complexity index is 481. The number of hydrogen-bond acceptors (Lipinski definition) is 2. The minimum Gasteiger partial charge on any atom is -0.497 e. The van der Waals surface area contributed by atoms with Gasteiger partial charge in [-0.15, -0.1) is 0 Å². The first kappa shape index (κ1) is 13.5. The molecule has 19 heavy (non-hydrogen) atoms. The molecular weight excluding hydrogens is 252 g/mol. The van der Waals surface area contributed by atoms with Gasteiger partial charge in [-0.1, -0.05) is 12.1 Å². The molecular formula is C14H15F2NO2. The fourth-order valence-corrected chi connectivity index (χ4v) is 2.20. The molecule has 5 heteroatoms. The Morgan fingerprint density at radius 2 is 2.11 bits per heavy atom. The Kier molecular flexibility index (Phi) is 4.14. The van der Waals surface area contributed by atoms with Crippen LogP contribution in [-0.2, 0) is 11.3 Å². The van der Waals surface area contributed by atoms with Gasteiger partial charge in [-0.25, -0.2) is 0 Å². The number of benzene rings is 1. The summed E-state index contributed by atoms with van der Waals surface area (Å²) in [6.07, 6.45) is -0.691. The normalized spacial score (nSPS) is 18.6. The van der Waals surface area contributed by atoms with Crippen LogP contribution in [0.1, 0.15) is 12.0 Å². The highest BCUT2D eigenvalue weighted by Crippen LogP contribution is 2.23. The van der Waals surface area contributed by atoms with E-state index in [0.717, 1.165) is 17.4 Å². The van der Waals surface area contributed by atoms with E-state index < -0.39 is 6.08 Å². The maximum Gasteiger partial charge on any atom is 0.266 e. The number of nitrogens with zero attached hydrogens (tertiary/aromatic N) is 1. The van der Waals surface area contributed by atoms with Gasteiger partial charge in [0, 0.05) is 25.4 Å². The second-order valence-electron chi connectivity index (χ2n) is 4.54. The summed E-state index contributed by atoms with van der Waals surface area (Å²) in [5.74, 6) is 0.283. The topological polar surface area (TPSA) is 29.5 Å². The van der Waals surface area contributed by atoms with Crippen molar-refractivity contribution < 1.29 is 18.3 Å². The van der Waals surface area contributed by atoms with E-state index in [0.29, 0.717) is 13.1 Å². The molecule has 2 rings (SSSR count). The summed E-state index contributed by atoms with van der Waals surface area (Å²) in [5, 5.41) is 0. The first-order valence-corrected chi connectivity index (χ1v) is 6.02. The molecule has 1 aromatic carbocycles. The van der Waals surface area contributed by atoms with Gasteiger partial charge < -0.3 is 9.64 Å². The van der Waals surface area contributed by atoms with Crippen LogP contribution in [0.4, 0.5) is 8.78 Å². The van der Waals surface area contributed by atoms with Gasteiger partial charge in [-0.2, -0.15) is 8.78 Å². The van der Waals surface area contributed by atoms with E-state index in [9.17, 15) is 13.6 Å². The molecule has 1 aromatic rings. The quantitative estimate of drug-likeness (QED) is 0.839. The molecule has 0 bridgehead atoms. The van der Waals surface area contributed by atoms with E-state index in [2.05, 4.69) is 0 Å². The van der Waals surface area contributed by atoms with E-state index in [1.165, 1.54) is 0 Å². The Labute approximate surface area is 110 Å². The fourth-order valence-electron chi connectivity index (χ4n) is 2.20. The summed E-state index contributed by atoms with van der Waals surface area (Å²) in [6.45, 7) is 0.795. The molecule has 1 aliphatic rings. The van der Waals surface area contributed by atoms with Gasteiger partial charge in [-0.05, 0) is 23.8 Å². The fraction of sp³-hybridized carbons (Fsp3) is 0.357. The lowest BCUT2D eigenvalue weighted by Crippen LogP contribution is -2.24. The SMILES string of the molecule is COc1ccc(CN2CC(C=C(F)F)CC2=O)cc1. The summed E-state index contributed by atoms with van der Waals surface area (Å²) >= 11 is 0. The van der Waals surface area contributed by atoms with Gasteiger partial charge in [0.25, 0.3) is 6.08 Å². The highest BCUT2D eigenvalue weighted by atomic mass is 19.3. The van der Waals surface area contributed by atoms with Crippen molar-refractivity contribution in [1.29, 1.82) is 0 Å². The van der Waals surface area contributed by atoms with Crippen LogP contribution >= 0.6 is 0 Å². The summed E-state index contributed by atoms with van der Waals surface area (Å²) in [4.78, 5) is 13.3. The molecule has 0 N–H and O–H groups in total. The standard InChI is InChI=1S/C14H15F2NO2/c1-19-12-4-2-10(3-5-12)8-17-9-11(6-13(15)16)7-14(17)18/h2-6,11H,7-9H2,1H3. The molecule has 0 radical (unpaired) electrons. The third-order valence-electron chi connectivity index (χ3n) is 3.14. The molecule has 1 atom stereocenters. The summed E-state index contributed by atoms with van der Waals surface area (Å²) in [7, 11) is 1.58. The van der Waals surface area contributed by atoms with Crippen molar-refractivity contribution in [3.05, 3.63) is 42.0 Å². The smallest absolute Gasteiger partial charge is 0.266 e. The molecule has 1 aliphatic heterocycles. The number of ether oxygens (including phenoxy) is 1. The number of carbonyl (C=O) groups excluding carboxylic acids is 1. The van der Waals surface area contributed by atoms with Crippen molar-refractivity contribution in [2.45, 2.75) is 13.0 Å². The van der Waals surface area contributed by atoms with E-state index in [1.807, 2.05) is 24.3 Å². The average molecular weight is 267 g/mol. The zero-order valence-electron chi connectivity index (χ0n) is 10.6. The second kappa shape index (κ2) is 5.82. The largest absolute Gasteiger partial charge is 0.497 e. The number of carbonyl (C=O) groups is 1. The van der Waals surface area contributed by atoms with E-state index in [4.69, 9.17) is 4.74 Å². The number of likely N-dealkylation sites (tertiary alicyclic amines) is 1. The van der Waals surface area contributed by atoms with Gasteiger partial charge in [-0.3, -0.25) is 4.79 Å². The zero-order chi connectivity index (χ0) is 13.8. The Morgan fingerprint density at radius 1 is 1.42 bits per heavy atom. The minimum absolute atomic E-state index is 0.0849. The lowest BCUT2D eigenvalue weighted by molar-refractivity contribution is -0.128. The first-order valence-electron chi connectivity index (χ1n) is 6.02. The highest BCUT2D eigenvalue weighted by molar-refractivity contribution is 5.79. The first-order chi connectivity index (χ1) is 9.08. The van der Waals surface area contributed by atoms with Crippen molar-refractivity contribution in [1.82, 2.24) is 4.90 Å². The molecule has 0 saturated carbocycles. The Morgan fingerprint density at radius 3 is 2.68 bits per heavy atom. The molecule has 3 nitrogen and oxygen atoms in total. The number of rotatable bonds is 4. The van der Waals surface area contributed by atoms with Crippen molar-refractivity contribution in [3.63, 3.8) is 0 Å². The van der Waals surface area contributed by atoms with Crippen molar-refractivity contribution in [2.24, 2.45) is 5.92 Å². The molecule has 0 spiro atoms. The van der Waals surface area contributed by atoms with E-state index in [-0.39, 0.29) is 18.2 Å². The Hall–Kier alpha value is -1.91. The maximum absolute atomic E-state index is 12.2. The number of hydrogen-bond donors (Lipinski definition) is 0. The van der Waals surface area contributed by atoms with E-state index in [1.54, 1.807) is 12.0 Å². The van der Waals surface area contributed by atoms with Crippen LogP contribution in [0.2, 0.25) is 0 Å². The van der Waals surface area contributed by atoms with Crippen LogP contribution in [0.3, 0.4) is 0 Å². The van der Waals surface area contributed by atoms with Gasteiger partial charge in [0.2, 0.25) is 5.91 Å². The van der Waals surface area contributed by atoms with Crippen LogP contribution in [-0.4, -0.2) is 24.5 Å². The van der Waals surface area contributed by atoms with Crippen LogP contribution in [0.15, 0.2) is 36.4 Å². The lowest BCUT2D eigenvalue weighted by Gasteiger charge is -2.16. The molecule has 0 aliphatic carbocycles. The zero-order valence-corrected chi connectivity index (χ0v) is 10.6. The van der Waals surface area contributed by atoms with Crippen molar-refractivity contribution >= 4 is 5.91 Å². The average Bonchev–Trinajstić information content (AvgIpc) is 2.69. The highest BCUT2D eigenvalue weighted by Gasteiger charge is 2.28.